The van der Waals surface area contributed by atoms with Gasteiger partial charge in [0.05, 0.1) is 21.7 Å². The molecule has 0 saturated carbocycles. The van der Waals surface area contributed by atoms with Crippen molar-refractivity contribution in [3.8, 4) is 0 Å². The summed E-state index contributed by atoms with van der Waals surface area (Å²) in [5.41, 5.74) is 1.97. The van der Waals surface area contributed by atoms with Crippen molar-refractivity contribution in [2.45, 2.75) is 44.2 Å². The lowest BCUT2D eigenvalue weighted by atomic mass is 10.2. The number of rotatable bonds is 7. The van der Waals surface area contributed by atoms with E-state index in [0.717, 1.165) is 15.8 Å². The van der Waals surface area contributed by atoms with Gasteiger partial charge in [-0.3, -0.25) is 4.79 Å². The molecule has 4 rings (SSSR count). The topological polar surface area (TPSA) is 81.0 Å². The molecule has 1 atom stereocenters. The van der Waals surface area contributed by atoms with Gasteiger partial charge in [-0.05, 0) is 51.0 Å². The van der Waals surface area contributed by atoms with Crippen LogP contribution in [0.2, 0.25) is 0 Å². The Labute approximate surface area is 192 Å². The van der Waals surface area contributed by atoms with Gasteiger partial charge in [0.15, 0.2) is 4.80 Å². The highest BCUT2D eigenvalue weighted by Crippen LogP contribution is 2.27. The predicted octanol–water partition coefficient (Wildman–Crippen LogP) is 3.33. The van der Waals surface area contributed by atoms with Crippen molar-refractivity contribution in [3.63, 3.8) is 0 Å². The number of hydrogen-bond acceptors (Lipinski definition) is 5. The minimum atomic E-state index is -3.77. The Hall–Kier alpha value is -2.33. The lowest BCUT2D eigenvalue weighted by molar-refractivity contribution is -0.121. The van der Waals surface area contributed by atoms with Crippen molar-refractivity contribution in [2.75, 3.05) is 19.8 Å². The first-order valence-electron chi connectivity index (χ1n) is 10.7. The molecule has 2 aromatic carbocycles. The quantitative estimate of drug-likeness (QED) is 0.493. The molecule has 0 N–H and O–H groups in total. The second-order valence-electron chi connectivity index (χ2n) is 7.74. The number of carbonyl (C=O) groups excluding carboxylic acids is 1. The van der Waals surface area contributed by atoms with Crippen LogP contribution in [-0.4, -0.2) is 49.0 Å². The average Bonchev–Trinajstić information content (AvgIpc) is 3.40. The molecule has 170 valence electrons. The van der Waals surface area contributed by atoms with Crippen molar-refractivity contribution in [1.82, 2.24) is 8.87 Å². The zero-order valence-electron chi connectivity index (χ0n) is 18.2. The SMILES string of the molecule is CCOCCn1c(=NC(=O)C2CCCN2S(=O)(=O)c2ccc(C)cc2)sc2ccccc21. The Morgan fingerprint density at radius 2 is 1.94 bits per heavy atom. The molecule has 7 nitrogen and oxygen atoms in total. The summed E-state index contributed by atoms with van der Waals surface area (Å²) in [6.07, 6.45) is 1.10. The number of hydrogen-bond donors (Lipinski definition) is 0. The molecule has 3 aromatic rings. The van der Waals surface area contributed by atoms with E-state index < -0.39 is 22.0 Å². The molecule has 0 bridgehead atoms. The maximum atomic E-state index is 13.2. The number of nitrogens with zero attached hydrogens (tertiary/aromatic N) is 3. The largest absolute Gasteiger partial charge is 0.380 e. The average molecular weight is 474 g/mol. The molecule has 0 aliphatic carbocycles. The molecular formula is C23H27N3O4S2. The van der Waals surface area contributed by atoms with E-state index in [1.807, 2.05) is 42.7 Å². The predicted molar refractivity (Wildman–Crippen MR) is 125 cm³/mol. The third kappa shape index (κ3) is 4.56. The van der Waals surface area contributed by atoms with E-state index in [4.69, 9.17) is 4.74 Å². The van der Waals surface area contributed by atoms with Gasteiger partial charge in [-0.25, -0.2) is 8.42 Å². The van der Waals surface area contributed by atoms with E-state index in [1.54, 1.807) is 24.3 Å². The molecule has 1 aliphatic heterocycles. The fourth-order valence-corrected chi connectivity index (χ4v) is 6.62. The molecule has 1 aromatic heterocycles. The summed E-state index contributed by atoms with van der Waals surface area (Å²) in [5.74, 6) is -0.421. The fourth-order valence-electron chi connectivity index (χ4n) is 3.91. The number of thiazole rings is 1. The van der Waals surface area contributed by atoms with Crippen LogP contribution in [0.5, 0.6) is 0 Å². The Kier molecular flexibility index (Phi) is 6.90. The van der Waals surface area contributed by atoms with Crippen LogP contribution in [-0.2, 0) is 26.1 Å². The highest BCUT2D eigenvalue weighted by molar-refractivity contribution is 7.89. The summed E-state index contributed by atoms with van der Waals surface area (Å²) in [4.78, 5) is 18.4. The molecule has 0 spiro atoms. The maximum absolute atomic E-state index is 13.2. The van der Waals surface area contributed by atoms with Crippen LogP contribution in [0.3, 0.4) is 0 Å². The van der Waals surface area contributed by atoms with Crippen LogP contribution in [0.4, 0.5) is 0 Å². The van der Waals surface area contributed by atoms with E-state index in [-0.39, 0.29) is 4.90 Å². The molecule has 32 heavy (non-hydrogen) atoms. The second-order valence-corrected chi connectivity index (χ2v) is 10.6. The molecule has 1 amide bonds. The number of fused-ring (bicyclic) bond motifs is 1. The number of carbonyl (C=O) groups is 1. The maximum Gasteiger partial charge on any atom is 0.266 e. The number of benzene rings is 2. The lowest BCUT2D eigenvalue weighted by Crippen LogP contribution is -2.40. The first-order chi connectivity index (χ1) is 15.4. The lowest BCUT2D eigenvalue weighted by Gasteiger charge is -2.21. The molecule has 1 aliphatic rings. The molecule has 1 unspecified atom stereocenters. The molecule has 2 heterocycles. The first kappa shape index (κ1) is 22.8. The van der Waals surface area contributed by atoms with Crippen LogP contribution in [0.25, 0.3) is 10.2 Å². The van der Waals surface area contributed by atoms with Crippen LogP contribution in [0, 0.1) is 6.92 Å². The Morgan fingerprint density at radius 1 is 1.19 bits per heavy atom. The number of sulfonamides is 1. The van der Waals surface area contributed by atoms with Crippen molar-refractivity contribution in [2.24, 2.45) is 4.99 Å². The normalized spacial score (nSPS) is 17.9. The van der Waals surface area contributed by atoms with Crippen molar-refractivity contribution in [3.05, 3.63) is 58.9 Å². The second kappa shape index (κ2) is 9.66. The minimum absolute atomic E-state index is 0.205. The summed E-state index contributed by atoms with van der Waals surface area (Å²) in [5, 5.41) is 0. The molecule has 0 radical (unpaired) electrons. The third-order valence-corrected chi connectivity index (χ3v) is 8.56. The van der Waals surface area contributed by atoms with Gasteiger partial charge in [-0.1, -0.05) is 41.2 Å². The molecule has 1 fully saturated rings. The third-order valence-electron chi connectivity index (χ3n) is 5.57. The van der Waals surface area contributed by atoms with E-state index in [0.29, 0.717) is 43.9 Å². The van der Waals surface area contributed by atoms with Gasteiger partial charge in [0, 0.05) is 19.7 Å². The fraction of sp³-hybridized carbons (Fsp3) is 0.391. The van der Waals surface area contributed by atoms with Gasteiger partial charge < -0.3 is 9.30 Å². The van der Waals surface area contributed by atoms with Gasteiger partial charge in [0.1, 0.15) is 6.04 Å². The van der Waals surface area contributed by atoms with E-state index in [1.165, 1.54) is 15.6 Å². The van der Waals surface area contributed by atoms with Crippen molar-refractivity contribution < 1.29 is 17.9 Å². The van der Waals surface area contributed by atoms with Gasteiger partial charge in [0.2, 0.25) is 10.0 Å². The van der Waals surface area contributed by atoms with E-state index in [9.17, 15) is 13.2 Å². The summed E-state index contributed by atoms with van der Waals surface area (Å²) in [6, 6.07) is 13.8. The Morgan fingerprint density at radius 3 is 2.69 bits per heavy atom. The zero-order chi connectivity index (χ0) is 22.7. The number of amides is 1. The van der Waals surface area contributed by atoms with Gasteiger partial charge >= 0.3 is 0 Å². The van der Waals surface area contributed by atoms with Gasteiger partial charge in [0.25, 0.3) is 5.91 Å². The zero-order valence-corrected chi connectivity index (χ0v) is 19.9. The summed E-state index contributed by atoms with van der Waals surface area (Å²) in [7, 11) is -3.77. The Balaban J connectivity index is 1.67. The number of para-hydroxylation sites is 1. The monoisotopic (exact) mass is 473 g/mol. The first-order valence-corrected chi connectivity index (χ1v) is 13.0. The van der Waals surface area contributed by atoms with Crippen LogP contribution in [0.15, 0.2) is 58.4 Å². The standard InChI is InChI=1S/C23H27N3O4S2/c1-3-30-16-15-25-19-7-4-5-9-21(19)31-23(25)24-22(27)20-8-6-14-26(20)32(28,29)18-12-10-17(2)11-13-18/h4-5,7,9-13,20H,3,6,8,14-16H2,1-2H3. The van der Waals surface area contributed by atoms with Crippen molar-refractivity contribution >= 4 is 37.5 Å². The highest BCUT2D eigenvalue weighted by Gasteiger charge is 2.39. The van der Waals surface area contributed by atoms with Gasteiger partial charge in [-0.15, -0.1) is 0 Å². The molecular weight excluding hydrogens is 446 g/mol. The van der Waals surface area contributed by atoms with Gasteiger partial charge in [-0.2, -0.15) is 9.30 Å². The minimum Gasteiger partial charge on any atom is -0.380 e. The van der Waals surface area contributed by atoms with E-state index in [2.05, 4.69) is 4.99 Å². The van der Waals surface area contributed by atoms with E-state index >= 15 is 0 Å². The number of ether oxygens (including phenoxy) is 1. The molecule has 9 heteroatoms. The number of aryl methyl sites for hydroxylation is 1. The summed E-state index contributed by atoms with van der Waals surface area (Å²) >= 11 is 1.43. The van der Waals surface area contributed by atoms with Crippen LogP contribution in [0.1, 0.15) is 25.3 Å². The smallest absolute Gasteiger partial charge is 0.266 e. The van der Waals surface area contributed by atoms with Crippen LogP contribution < -0.4 is 4.80 Å². The summed E-state index contributed by atoms with van der Waals surface area (Å²) < 4.78 is 36.2. The summed E-state index contributed by atoms with van der Waals surface area (Å²) in [6.45, 7) is 5.86. The van der Waals surface area contributed by atoms with Crippen LogP contribution >= 0.6 is 11.3 Å². The number of aromatic nitrogens is 1. The van der Waals surface area contributed by atoms with Crippen molar-refractivity contribution in [1.29, 1.82) is 0 Å². The highest BCUT2D eigenvalue weighted by atomic mass is 32.2. The Bertz CT molecular complexity index is 1280. The molecule has 1 saturated heterocycles.